The third kappa shape index (κ3) is 1.90. The second-order valence-corrected chi connectivity index (χ2v) is 9.12. The Bertz CT molecular complexity index is 659. The first-order valence-corrected chi connectivity index (χ1v) is 9.16. The molecule has 24 heavy (non-hydrogen) atoms. The molecule has 132 valence electrons. The van der Waals surface area contributed by atoms with Gasteiger partial charge in [0.05, 0.1) is 0 Å². The molecule has 2 N–H and O–H groups in total. The van der Waals surface area contributed by atoms with Crippen LogP contribution in [0.2, 0.25) is 0 Å². The summed E-state index contributed by atoms with van der Waals surface area (Å²) in [6.45, 7) is 8.60. The van der Waals surface area contributed by atoms with Gasteiger partial charge in [0.1, 0.15) is 12.2 Å². The number of hydrogen-bond donors (Lipinski definition) is 2. The zero-order chi connectivity index (χ0) is 17.4. The maximum Gasteiger partial charge on any atom is 0.334 e. The molecule has 6 atom stereocenters. The zero-order valence-electron chi connectivity index (χ0n) is 15.0. The lowest BCUT2D eigenvalue weighted by molar-refractivity contribution is -0.154. The molecule has 0 unspecified atom stereocenters. The molecule has 0 amide bonds. The highest BCUT2D eigenvalue weighted by atomic mass is 16.6. The van der Waals surface area contributed by atoms with Gasteiger partial charge in [0, 0.05) is 17.1 Å². The number of ether oxygens (including phenoxy) is 1. The lowest BCUT2D eigenvalue weighted by Gasteiger charge is -2.60. The molecule has 0 aromatic rings. The molecular weight excluding hydrogens is 304 g/mol. The number of hydrogen-bond acceptors (Lipinski definition) is 4. The Morgan fingerprint density at radius 1 is 1.21 bits per heavy atom. The van der Waals surface area contributed by atoms with E-state index in [0.29, 0.717) is 17.1 Å². The van der Waals surface area contributed by atoms with E-state index in [0.717, 1.165) is 24.8 Å². The summed E-state index contributed by atoms with van der Waals surface area (Å²) in [5.41, 5.74) is 2.09. The molecule has 0 aromatic carbocycles. The van der Waals surface area contributed by atoms with Crippen LogP contribution in [0.25, 0.3) is 0 Å². The average Bonchev–Trinajstić information content (AvgIpc) is 2.79. The fourth-order valence-electron chi connectivity index (χ4n) is 6.32. The number of carbonyl (C=O) groups excluding carboxylic acids is 1. The fourth-order valence-corrected chi connectivity index (χ4v) is 6.32. The van der Waals surface area contributed by atoms with Gasteiger partial charge in [-0.25, -0.2) is 4.79 Å². The summed E-state index contributed by atoms with van der Waals surface area (Å²) in [6.07, 6.45) is 4.21. The second-order valence-electron chi connectivity index (χ2n) is 9.12. The minimum absolute atomic E-state index is 0.0688. The Kier molecular flexibility index (Phi) is 3.37. The van der Waals surface area contributed by atoms with Crippen LogP contribution >= 0.6 is 0 Å². The van der Waals surface area contributed by atoms with E-state index in [4.69, 9.17) is 4.74 Å². The number of rotatable bonds is 0. The minimum atomic E-state index is -0.794. The molecule has 4 rings (SSSR count). The molecule has 4 aliphatic rings. The summed E-state index contributed by atoms with van der Waals surface area (Å²) < 4.78 is 5.44. The van der Waals surface area contributed by atoms with Crippen molar-refractivity contribution < 1.29 is 19.7 Å². The number of aliphatic hydroxyl groups is 2. The SMILES string of the molecule is CC1=C2[C@@H](O)C3=CC[C@@H]4C(C)(C)CCC[C@@]4(C)[C@@H]3[C@@H](O)[C@H]2OC1=O. The quantitative estimate of drug-likeness (QED) is 0.529. The summed E-state index contributed by atoms with van der Waals surface area (Å²) in [7, 11) is 0. The van der Waals surface area contributed by atoms with Crippen molar-refractivity contribution >= 4 is 5.97 Å². The van der Waals surface area contributed by atoms with Gasteiger partial charge in [0.2, 0.25) is 0 Å². The van der Waals surface area contributed by atoms with Crippen molar-refractivity contribution in [2.75, 3.05) is 0 Å². The van der Waals surface area contributed by atoms with Crippen LogP contribution in [0.3, 0.4) is 0 Å². The molecule has 0 spiro atoms. The van der Waals surface area contributed by atoms with Gasteiger partial charge in [-0.1, -0.05) is 33.3 Å². The van der Waals surface area contributed by atoms with Gasteiger partial charge in [-0.3, -0.25) is 0 Å². The van der Waals surface area contributed by atoms with Crippen LogP contribution in [-0.2, 0) is 9.53 Å². The van der Waals surface area contributed by atoms with E-state index in [1.807, 2.05) is 0 Å². The highest BCUT2D eigenvalue weighted by molar-refractivity contribution is 5.92. The molecule has 4 nitrogen and oxygen atoms in total. The smallest absolute Gasteiger partial charge is 0.334 e. The van der Waals surface area contributed by atoms with Crippen LogP contribution in [-0.4, -0.2) is 34.5 Å². The topological polar surface area (TPSA) is 66.8 Å². The number of esters is 1. The van der Waals surface area contributed by atoms with Gasteiger partial charge in [-0.15, -0.1) is 0 Å². The van der Waals surface area contributed by atoms with Gasteiger partial charge >= 0.3 is 5.97 Å². The first kappa shape index (κ1) is 16.3. The minimum Gasteiger partial charge on any atom is -0.452 e. The van der Waals surface area contributed by atoms with E-state index < -0.39 is 24.3 Å². The van der Waals surface area contributed by atoms with Crippen molar-refractivity contribution in [1.29, 1.82) is 0 Å². The Labute approximate surface area is 143 Å². The van der Waals surface area contributed by atoms with E-state index >= 15 is 0 Å². The Balaban J connectivity index is 1.83. The third-order valence-corrected chi connectivity index (χ3v) is 7.48. The van der Waals surface area contributed by atoms with E-state index in [2.05, 4.69) is 26.8 Å². The van der Waals surface area contributed by atoms with Crippen molar-refractivity contribution in [2.24, 2.45) is 22.7 Å². The van der Waals surface area contributed by atoms with Crippen LogP contribution in [0.4, 0.5) is 0 Å². The summed E-state index contributed by atoms with van der Waals surface area (Å²) in [6, 6.07) is 0. The largest absolute Gasteiger partial charge is 0.452 e. The van der Waals surface area contributed by atoms with E-state index in [1.165, 1.54) is 6.42 Å². The summed E-state index contributed by atoms with van der Waals surface area (Å²) >= 11 is 0. The highest BCUT2D eigenvalue weighted by Gasteiger charge is 2.60. The van der Waals surface area contributed by atoms with Gasteiger partial charge in [-0.05, 0) is 48.5 Å². The van der Waals surface area contributed by atoms with Crippen molar-refractivity contribution in [3.05, 3.63) is 22.8 Å². The summed E-state index contributed by atoms with van der Waals surface area (Å²) in [5, 5.41) is 22.1. The predicted octanol–water partition coefficient (Wildman–Crippen LogP) is 2.74. The number of allylic oxidation sites excluding steroid dienone is 1. The van der Waals surface area contributed by atoms with Gasteiger partial charge in [0.25, 0.3) is 0 Å². The monoisotopic (exact) mass is 332 g/mol. The predicted molar refractivity (Wildman–Crippen MR) is 90.0 cm³/mol. The molecule has 3 aliphatic carbocycles. The Hall–Kier alpha value is -1.13. The van der Waals surface area contributed by atoms with Gasteiger partial charge in [-0.2, -0.15) is 0 Å². The van der Waals surface area contributed by atoms with Crippen LogP contribution < -0.4 is 0 Å². The number of aliphatic hydroxyl groups excluding tert-OH is 2. The molecule has 0 saturated heterocycles. The maximum atomic E-state index is 12.0. The van der Waals surface area contributed by atoms with Crippen LogP contribution in [0, 0.1) is 22.7 Å². The van der Waals surface area contributed by atoms with Gasteiger partial charge < -0.3 is 14.9 Å². The highest BCUT2D eigenvalue weighted by Crippen LogP contribution is 2.63. The number of carbonyl (C=O) groups is 1. The van der Waals surface area contributed by atoms with E-state index in [9.17, 15) is 15.0 Å². The molecule has 0 aromatic heterocycles. The first-order valence-electron chi connectivity index (χ1n) is 9.16. The maximum absolute atomic E-state index is 12.0. The molecular formula is C20H28O4. The third-order valence-electron chi connectivity index (χ3n) is 7.48. The second kappa shape index (κ2) is 4.95. The van der Waals surface area contributed by atoms with E-state index in [1.54, 1.807) is 6.92 Å². The van der Waals surface area contributed by atoms with Crippen molar-refractivity contribution in [3.8, 4) is 0 Å². The number of fused-ring (bicyclic) bond motifs is 4. The average molecular weight is 332 g/mol. The van der Waals surface area contributed by atoms with Crippen LogP contribution in [0.15, 0.2) is 22.8 Å². The van der Waals surface area contributed by atoms with Crippen molar-refractivity contribution in [1.82, 2.24) is 0 Å². The lowest BCUT2D eigenvalue weighted by atomic mass is 9.46. The summed E-state index contributed by atoms with van der Waals surface area (Å²) in [5.74, 6) is -0.0746. The molecule has 2 saturated carbocycles. The van der Waals surface area contributed by atoms with Crippen molar-refractivity contribution in [2.45, 2.75) is 71.7 Å². The van der Waals surface area contributed by atoms with Crippen molar-refractivity contribution in [3.63, 3.8) is 0 Å². The van der Waals surface area contributed by atoms with Gasteiger partial charge in [0.15, 0.2) is 6.10 Å². The zero-order valence-corrected chi connectivity index (χ0v) is 15.0. The molecule has 2 fully saturated rings. The normalized spacial score (nSPS) is 46.7. The Morgan fingerprint density at radius 2 is 1.92 bits per heavy atom. The molecule has 1 heterocycles. The Morgan fingerprint density at radius 3 is 2.62 bits per heavy atom. The molecule has 0 radical (unpaired) electrons. The summed E-state index contributed by atoms with van der Waals surface area (Å²) in [4.78, 5) is 12.0. The van der Waals surface area contributed by atoms with Crippen LogP contribution in [0.1, 0.15) is 53.4 Å². The van der Waals surface area contributed by atoms with Crippen LogP contribution in [0.5, 0.6) is 0 Å². The molecule has 4 heteroatoms. The first-order chi connectivity index (χ1) is 11.2. The standard InChI is InChI=1S/C20H28O4/c1-10-13-15(21)11-6-7-12-19(2,3)8-5-9-20(12,4)14(11)16(22)17(13)24-18(10)23/h6,12,14-17,21-22H,5,7-9H2,1-4H3/t12-,14+,15+,16-,17+,20-/m1/s1. The van der Waals surface area contributed by atoms with E-state index in [-0.39, 0.29) is 16.7 Å². The fraction of sp³-hybridized carbons (Fsp3) is 0.750. The molecule has 0 bridgehead atoms. The lowest BCUT2D eigenvalue weighted by Crippen LogP contribution is -2.58. The molecule has 1 aliphatic heterocycles.